The second kappa shape index (κ2) is 13.9. The molecule has 0 spiro atoms. The number of carbonyl (C=O) groups excluding carboxylic acids is 1. The van der Waals surface area contributed by atoms with Gasteiger partial charge in [0.1, 0.15) is 18.4 Å². The smallest absolute Gasteiger partial charge is 0.255 e. The summed E-state index contributed by atoms with van der Waals surface area (Å²) < 4.78 is 19.4. The lowest BCUT2D eigenvalue weighted by Gasteiger charge is -2.29. The molecule has 5 rings (SSSR count). The Bertz CT molecular complexity index is 1640. The SMILES string of the molecule is CCCSc1nc2n(n1)C(c1ccc(OCc3ccccc3Cl)c(OCC)c1)C(C(=O)Nc1ccccc1OC)=C(C)N2. The number of ether oxygens (including phenoxy) is 3. The molecule has 9 nitrogen and oxygen atoms in total. The molecule has 0 radical (unpaired) electrons. The van der Waals surface area contributed by atoms with Crippen LogP contribution in [-0.4, -0.2) is 40.1 Å². The number of para-hydroxylation sites is 2. The summed E-state index contributed by atoms with van der Waals surface area (Å²) in [5.41, 5.74) is 3.38. The molecule has 1 aromatic heterocycles. The number of nitrogens with one attached hydrogen (secondary N) is 2. The average Bonchev–Trinajstić information content (AvgIpc) is 3.42. The molecular weight excluding hydrogens is 586 g/mol. The van der Waals surface area contributed by atoms with Gasteiger partial charge >= 0.3 is 0 Å². The number of hydrogen-bond donors (Lipinski definition) is 2. The number of carbonyl (C=O) groups is 1. The number of rotatable bonds is 12. The van der Waals surface area contributed by atoms with Crippen LogP contribution in [-0.2, 0) is 11.4 Å². The van der Waals surface area contributed by atoms with Crippen LogP contribution >= 0.6 is 23.4 Å². The molecule has 3 aromatic carbocycles. The van der Waals surface area contributed by atoms with Gasteiger partial charge in [-0.05, 0) is 56.2 Å². The van der Waals surface area contributed by atoms with Gasteiger partial charge in [0.2, 0.25) is 11.1 Å². The number of anilines is 2. The summed E-state index contributed by atoms with van der Waals surface area (Å²) in [6.45, 7) is 6.61. The third-order valence-corrected chi connectivity index (χ3v) is 8.20. The summed E-state index contributed by atoms with van der Waals surface area (Å²) in [5.74, 6) is 2.83. The van der Waals surface area contributed by atoms with Crippen LogP contribution in [0.2, 0.25) is 5.02 Å². The highest BCUT2D eigenvalue weighted by Crippen LogP contribution is 2.40. The van der Waals surface area contributed by atoms with Crippen molar-refractivity contribution >= 4 is 40.9 Å². The second-order valence-electron chi connectivity index (χ2n) is 9.75. The third-order valence-electron chi connectivity index (χ3n) is 6.79. The molecule has 4 aromatic rings. The minimum absolute atomic E-state index is 0.281. The van der Waals surface area contributed by atoms with Crippen LogP contribution in [0.5, 0.6) is 17.2 Å². The average molecular weight is 620 g/mol. The second-order valence-corrected chi connectivity index (χ2v) is 11.2. The van der Waals surface area contributed by atoms with Gasteiger partial charge in [-0.15, -0.1) is 5.10 Å². The van der Waals surface area contributed by atoms with E-state index in [9.17, 15) is 4.79 Å². The van der Waals surface area contributed by atoms with Gasteiger partial charge < -0.3 is 24.8 Å². The van der Waals surface area contributed by atoms with E-state index in [1.807, 2.05) is 68.4 Å². The number of benzene rings is 3. The van der Waals surface area contributed by atoms with Crippen LogP contribution < -0.4 is 24.8 Å². The summed E-state index contributed by atoms with van der Waals surface area (Å²) in [6, 6.07) is 19.9. The standard InChI is InChI=1S/C32H34ClN5O4S/c1-5-17-43-32-36-31-34-20(3)28(30(39)35-24-13-9-10-14-25(24)40-4)29(38(31)37-32)21-15-16-26(27(18-21)41-6-2)42-19-22-11-7-8-12-23(22)33/h7-16,18,29H,5-6,17,19H2,1-4H3,(H,35,39)(H,34,36,37). The molecule has 0 saturated carbocycles. The highest BCUT2D eigenvalue weighted by Gasteiger charge is 2.35. The van der Waals surface area contributed by atoms with Crippen molar-refractivity contribution < 1.29 is 19.0 Å². The van der Waals surface area contributed by atoms with E-state index in [1.54, 1.807) is 35.7 Å². The van der Waals surface area contributed by atoms with Gasteiger partial charge in [-0.1, -0.05) is 66.7 Å². The Hall–Kier alpha value is -4.15. The lowest BCUT2D eigenvalue weighted by Crippen LogP contribution is -2.31. The Labute approximate surface area is 260 Å². The predicted molar refractivity (Wildman–Crippen MR) is 171 cm³/mol. The van der Waals surface area contributed by atoms with Gasteiger partial charge in [-0.25, -0.2) is 4.68 Å². The molecule has 43 heavy (non-hydrogen) atoms. The third kappa shape index (κ3) is 6.76. The van der Waals surface area contributed by atoms with Crippen LogP contribution in [0.3, 0.4) is 0 Å². The van der Waals surface area contributed by atoms with Gasteiger partial charge in [0.15, 0.2) is 11.5 Å². The topological polar surface area (TPSA) is 99.5 Å². The van der Waals surface area contributed by atoms with Crippen molar-refractivity contribution in [2.24, 2.45) is 0 Å². The Morgan fingerprint density at radius 2 is 1.84 bits per heavy atom. The van der Waals surface area contributed by atoms with E-state index in [4.69, 9.17) is 35.9 Å². The minimum atomic E-state index is -0.591. The van der Waals surface area contributed by atoms with E-state index in [-0.39, 0.29) is 12.5 Å². The number of hydrogen-bond acceptors (Lipinski definition) is 8. The molecule has 1 unspecified atom stereocenters. The van der Waals surface area contributed by atoms with Gasteiger partial charge in [0.05, 0.1) is 25.0 Å². The van der Waals surface area contributed by atoms with E-state index >= 15 is 0 Å². The molecule has 0 saturated heterocycles. The maximum Gasteiger partial charge on any atom is 0.255 e. The highest BCUT2D eigenvalue weighted by molar-refractivity contribution is 7.99. The van der Waals surface area contributed by atoms with Crippen molar-refractivity contribution in [2.45, 2.75) is 45.0 Å². The zero-order chi connectivity index (χ0) is 30.3. The molecule has 2 N–H and O–H groups in total. The van der Waals surface area contributed by atoms with Crippen LogP contribution in [0.4, 0.5) is 11.6 Å². The van der Waals surface area contributed by atoms with E-state index < -0.39 is 6.04 Å². The van der Waals surface area contributed by atoms with Crippen molar-refractivity contribution in [3.8, 4) is 17.2 Å². The first kappa shape index (κ1) is 30.3. The molecule has 1 atom stereocenters. The number of methoxy groups -OCH3 is 1. The lowest BCUT2D eigenvalue weighted by atomic mass is 9.94. The van der Waals surface area contributed by atoms with Gasteiger partial charge in [-0.3, -0.25) is 4.79 Å². The first-order valence-corrected chi connectivity index (χ1v) is 15.4. The summed E-state index contributed by atoms with van der Waals surface area (Å²) in [4.78, 5) is 18.7. The molecule has 2 heterocycles. The van der Waals surface area contributed by atoms with Gasteiger partial charge in [0.25, 0.3) is 5.91 Å². The van der Waals surface area contributed by atoms with Crippen molar-refractivity contribution in [1.82, 2.24) is 14.8 Å². The predicted octanol–water partition coefficient (Wildman–Crippen LogP) is 7.35. The van der Waals surface area contributed by atoms with Crippen LogP contribution in [0, 0.1) is 0 Å². The fourth-order valence-electron chi connectivity index (χ4n) is 4.78. The molecule has 11 heteroatoms. The van der Waals surface area contributed by atoms with Crippen LogP contribution in [0.25, 0.3) is 0 Å². The largest absolute Gasteiger partial charge is 0.495 e. The van der Waals surface area contributed by atoms with Crippen molar-refractivity contribution in [1.29, 1.82) is 0 Å². The van der Waals surface area contributed by atoms with E-state index in [1.165, 1.54) is 0 Å². The quantitative estimate of drug-likeness (QED) is 0.159. The number of allylic oxidation sites excluding steroid dienone is 1. The maximum atomic E-state index is 14.0. The number of aromatic nitrogens is 3. The van der Waals surface area contributed by atoms with Crippen LogP contribution in [0.15, 0.2) is 83.2 Å². The summed E-state index contributed by atoms with van der Waals surface area (Å²) >= 11 is 7.93. The Morgan fingerprint density at radius 1 is 1.05 bits per heavy atom. The van der Waals surface area contributed by atoms with Gasteiger partial charge in [-0.2, -0.15) is 4.98 Å². The molecule has 0 aliphatic carbocycles. The number of nitrogens with zero attached hydrogens (tertiary/aromatic N) is 3. The molecule has 0 bridgehead atoms. The summed E-state index contributed by atoms with van der Waals surface area (Å²) in [5, 5.41) is 12.4. The fourth-order valence-corrected chi connectivity index (χ4v) is 5.65. The van der Waals surface area contributed by atoms with Crippen molar-refractivity contribution in [2.75, 3.05) is 30.1 Å². The number of halogens is 1. The molecular formula is C32H34ClN5O4S. The minimum Gasteiger partial charge on any atom is -0.495 e. The molecule has 224 valence electrons. The van der Waals surface area contributed by atoms with E-state index in [0.29, 0.717) is 56.9 Å². The maximum absolute atomic E-state index is 14.0. The number of amides is 1. The number of thioether (sulfide) groups is 1. The fraction of sp³-hybridized carbons (Fsp3) is 0.281. The first-order valence-electron chi connectivity index (χ1n) is 14.1. The zero-order valence-corrected chi connectivity index (χ0v) is 26.1. The monoisotopic (exact) mass is 619 g/mol. The van der Waals surface area contributed by atoms with E-state index in [2.05, 4.69) is 17.6 Å². The van der Waals surface area contributed by atoms with Gasteiger partial charge in [0, 0.05) is 22.0 Å². The molecule has 1 aliphatic heterocycles. The normalized spacial score (nSPS) is 14.1. The zero-order valence-electron chi connectivity index (χ0n) is 24.5. The summed E-state index contributed by atoms with van der Waals surface area (Å²) in [7, 11) is 1.57. The van der Waals surface area contributed by atoms with Crippen molar-refractivity contribution in [3.63, 3.8) is 0 Å². The molecule has 1 amide bonds. The van der Waals surface area contributed by atoms with Crippen LogP contribution in [0.1, 0.15) is 44.4 Å². The Balaban J connectivity index is 1.54. The molecule has 0 fully saturated rings. The Kier molecular flexibility index (Phi) is 9.79. The van der Waals surface area contributed by atoms with E-state index in [0.717, 1.165) is 23.3 Å². The first-order chi connectivity index (χ1) is 20.9. The lowest BCUT2D eigenvalue weighted by molar-refractivity contribution is -0.113. The summed E-state index contributed by atoms with van der Waals surface area (Å²) in [6.07, 6.45) is 0.989. The highest BCUT2D eigenvalue weighted by atomic mass is 35.5. The molecule has 1 aliphatic rings. The number of fused-ring (bicyclic) bond motifs is 1. The Morgan fingerprint density at radius 3 is 2.60 bits per heavy atom. The van der Waals surface area contributed by atoms with Crippen molar-refractivity contribution in [3.05, 3.63) is 94.1 Å².